The van der Waals surface area contributed by atoms with E-state index >= 15 is 0 Å². The van der Waals surface area contributed by atoms with E-state index in [0.717, 1.165) is 11.1 Å². The number of rotatable bonds is 7. The topological polar surface area (TPSA) is 77.8 Å². The second kappa shape index (κ2) is 8.12. The highest BCUT2D eigenvalue weighted by Gasteiger charge is 2.11. The Kier molecular flexibility index (Phi) is 6.46. The summed E-state index contributed by atoms with van der Waals surface area (Å²) in [5, 5.41) is 17.5. The molecule has 2 N–H and O–H groups in total. The van der Waals surface area contributed by atoms with Gasteiger partial charge in [0.1, 0.15) is 0 Å². The van der Waals surface area contributed by atoms with Crippen LogP contribution < -0.4 is 0 Å². The molecule has 0 radical (unpaired) electrons. The van der Waals surface area contributed by atoms with Crippen molar-refractivity contribution in [2.75, 3.05) is 19.7 Å². The number of carbonyl (C=O) groups excluding carboxylic acids is 1. The molecule has 1 aromatic rings. The lowest BCUT2D eigenvalue weighted by atomic mass is 10.1. The van der Waals surface area contributed by atoms with E-state index in [0.29, 0.717) is 0 Å². The van der Waals surface area contributed by atoms with E-state index in [4.69, 9.17) is 10.2 Å². The van der Waals surface area contributed by atoms with Crippen molar-refractivity contribution in [1.82, 2.24) is 4.90 Å². The maximum absolute atomic E-state index is 11.9. The second-order valence-corrected chi connectivity index (χ2v) is 4.44. The van der Waals surface area contributed by atoms with Crippen LogP contribution in [0.25, 0.3) is 6.08 Å². The number of carboxylic acid groups (broad SMARTS) is 1. The van der Waals surface area contributed by atoms with Gasteiger partial charge >= 0.3 is 5.97 Å². The summed E-state index contributed by atoms with van der Waals surface area (Å²) in [5.41, 5.74) is 2.03. The molecule has 1 amide bonds. The number of aliphatic hydroxyl groups is 1. The van der Waals surface area contributed by atoms with E-state index in [1.165, 1.54) is 11.0 Å². The van der Waals surface area contributed by atoms with Crippen molar-refractivity contribution < 1.29 is 19.8 Å². The van der Waals surface area contributed by atoms with E-state index < -0.39 is 5.97 Å². The van der Waals surface area contributed by atoms with Gasteiger partial charge in [-0.15, -0.1) is 0 Å². The van der Waals surface area contributed by atoms with Crippen LogP contribution in [0.15, 0.2) is 30.3 Å². The van der Waals surface area contributed by atoms with Crippen molar-refractivity contribution in [3.05, 3.63) is 41.5 Å². The Morgan fingerprint density at radius 1 is 1.20 bits per heavy atom. The van der Waals surface area contributed by atoms with Crippen molar-refractivity contribution in [2.45, 2.75) is 13.3 Å². The second-order valence-electron chi connectivity index (χ2n) is 4.44. The molecule has 1 aromatic carbocycles. The van der Waals surface area contributed by atoms with Crippen molar-refractivity contribution in [3.63, 3.8) is 0 Å². The molecule has 20 heavy (non-hydrogen) atoms. The number of amides is 1. The molecule has 0 bridgehead atoms. The van der Waals surface area contributed by atoms with Crippen LogP contribution in [0, 0.1) is 6.92 Å². The molecule has 0 saturated heterocycles. The van der Waals surface area contributed by atoms with Gasteiger partial charge in [0.25, 0.3) is 0 Å². The molecule has 5 heteroatoms. The summed E-state index contributed by atoms with van der Waals surface area (Å²) >= 11 is 0. The predicted octanol–water partition coefficient (Wildman–Crippen LogP) is 1.30. The monoisotopic (exact) mass is 277 g/mol. The Labute approximate surface area is 118 Å². The highest BCUT2D eigenvalue weighted by Crippen LogP contribution is 2.05. The van der Waals surface area contributed by atoms with Crippen LogP contribution in [0.1, 0.15) is 17.5 Å². The summed E-state index contributed by atoms with van der Waals surface area (Å²) in [4.78, 5) is 23.8. The predicted molar refractivity (Wildman–Crippen MR) is 76.1 cm³/mol. The van der Waals surface area contributed by atoms with Crippen molar-refractivity contribution >= 4 is 18.0 Å². The molecule has 0 aliphatic carbocycles. The molecular weight excluding hydrogens is 258 g/mol. The number of nitrogens with zero attached hydrogens (tertiary/aromatic N) is 1. The molecule has 0 aliphatic heterocycles. The summed E-state index contributed by atoms with van der Waals surface area (Å²) < 4.78 is 0. The zero-order chi connectivity index (χ0) is 15.0. The van der Waals surface area contributed by atoms with E-state index in [2.05, 4.69) is 0 Å². The Bertz CT molecular complexity index is 479. The first-order valence-corrected chi connectivity index (χ1v) is 6.39. The van der Waals surface area contributed by atoms with Gasteiger partial charge in [0.15, 0.2) is 0 Å². The standard InChI is InChI=1S/C15H19NO4/c1-12-2-4-13(5-3-12)6-7-14(18)16(10-11-17)9-8-15(19)20/h2-7,17H,8-11H2,1H3,(H,19,20)/b7-6+. The Morgan fingerprint density at radius 3 is 2.40 bits per heavy atom. The normalized spacial score (nSPS) is 10.7. The van der Waals surface area contributed by atoms with E-state index in [9.17, 15) is 9.59 Å². The van der Waals surface area contributed by atoms with Gasteiger partial charge in [-0.1, -0.05) is 29.8 Å². The van der Waals surface area contributed by atoms with E-state index in [1.807, 2.05) is 31.2 Å². The first-order valence-electron chi connectivity index (χ1n) is 6.39. The maximum Gasteiger partial charge on any atom is 0.305 e. The molecule has 0 aliphatic rings. The number of carbonyl (C=O) groups is 2. The fourth-order valence-corrected chi connectivity index (χ4v) is 1.63. The number of hydrogen-bond donors (Lipinski definition) is 2. The van der Waals surface area contributed by atoms with Crippen LogP contribution in [0.2, 0.25) is 0 Å². The largest absolute Gasteiger partial charge is 0.481 e. The minimum atomic E-state index is -0.969. The van der Waals surface area contributed by atoms with Gasteiger partial charge in [-0.05, 0) is 18.6 Å². The minimum absolute atomic E-state index is 0.0902. The van der Waals surface area contributed by atoms with Gasteiger partial charge in [-0.3, -0.25) is 9.59 Å². The van der Waals surface area contributed by atoms with Gasteiger partial charge in [0.2, 0.25) is 5.91 Å². The summed E-state index contributed by atoms with van der Waals surface area (Å²) in [6.07, 6.45) is 2.93. The van der Waals surface area contributed by atoms with Crippen LogP contribution in [0.3, 0.4) is 0 Å². The van der Waals surface area contributed by atoms with Gasteiger partial charge in [-0.2, -0.15) is 0 Å². The average Bonchev–Trinajstić information content (AvgIpc) is 2.42. The summed E-state index contributed by atoms with van der Waals surface area (Å²) in [5.74, 6) is -1.27. The number of carboxylic acids is 1. The fourth-order valence-electron chi connectivity index (χ4n) is 1.63. The number of aliphatic carboxylic acids is 1. The van der Waals surface area contributed by atoms with E-state index in [-0.39, 0.29) is 32.0 Å². The Morgan fingerprint density at radius 2 is 1.85 bits per heavy atom. The van der Waals surface area contributed by atoms with Crippen molar-refractivity contribution in [1.29, 1.82) is 0 Å². The van der Waals surface area contributed by atoms with Gasteiger partial charge in [-0.25, -0.2) is 0 Å². The van der Waals surface area contributed by atoms with E-state index in [1.54, 1.807) is 6.08 Å². The SMILES string of the molecule is Cc1ccc(/C=C/C(=O)N(CCO)CCC(=O)O)cc1. The molecular formula is C15H19NO4. The average molecular weight is 277 g/mol. The molecule has 1 rings (SSSR count). The molecule has 108 valence electrons. The molecule has 0 aromatic heterocycles. The first-order chi connectivity index (χ1) is 9.52. The third kappa shape index (κ3) is 5.67. The summed E-state index contributed by atoms with van der Waals surface area (Å²) in [6.45, 7) is 2.01. The number of hydrogen-bond acceptors (Lipinski definition) is 3. The number of benzene rings is 1. The van der Waals surface area contributed by atoms with Gasteiger partial charge in [0.05, 0.1) is 13.0 Å². The highest BCUT2D eigenvalue weighted by molar-refractivity contribution is 5.92. The lowest BCUT2D eigenvalue weighted by Gasteiger charge is -2.18. The summed E-state index contributed by atoms with van der Waals surface area (Å²) in [6, 6.07) is 7.68. The lowest BCUT2D eigenvalue weighted by molar-refractivity contribution is -0.138. The van der Waals surface area contributed by atoms with Crippen molar-refractivity contribution in [3.8, 4) is 0 Å². The zero-order valence-corrected chi connectivity index (χ0v) is 11.5. The fraction of sp³-hybridized carbons (Fsp3) is 0.333. The summed E-state index contributed by atoms with van der Waals surface area (Å²) in [7, 11) is 0. The molecule has 0 spiro atoms. The molecule has 5 nitrogen and oxygen atoms in total. The van der Waals surface area contributed by atoms with Crippen LogP contribution >= 0.6 is 0 Å². The Balaban J connectivity index is 2.64. The third-order valence-electron chi connectivity index (χ3n) is 2.77. The first kappa shape index (κ1) is 15.9. The quantitative estimate of drug-likeness (QED) is 0.736. The molecule has 0 saturated carbocycles. The Hall–Kier alpha value is -2.14. The highest BCUT2D eigenvalue weighted by atomic mass is 16.4. The lowest BCUT2D eigenvalue weighted by Crippen LogP contribution is -2.34. The smallest absolute Gasteiger partial charge is 0.305 e. The van der Waals surface area contributed by atoms with Crippen LogP contribution in [0.4, 0.5) is 0 Å². The van der Waals surface area contributed by atoms with Gasteiger partial charge in [0, 0.05) is 19.2 Å². The van der Waals surface area contributed by atoms with Crippen molar-refractivity contribution in [2.24, 2.45) is 0 Å². The molecule has 0 heterocycles. The van der Waals surface area contributed by atoms with Crippen LogP contribution in [-0.4, -0.2) is 46.7 Å². The van der Waals surface area contributed by atoms with Gasteiger partial charge < -0.3 is 15.1 Å². The maximum atomic E-state index is 11.9. The third-order valence-corrected chi connectivity index (χ3v) is 2.77. The number of aryl methyl sites for hydroxylation is 1. The molecule has 0 fully saturated rings. The van der Waals surface area contributed by atoms with Crippen LogP contribution in [-0.2, 0) is 9.59 Å². The zero-order valence-electron chi connectivity index (χ0n) is 11.5. The minimum Gasteiger partial charge on any atom is -0.481 e. The number of aliphatic hydroxyl groups excluding tert-OH is 1. The molecule has 0 atom stereocenters. The van der Waals surface area contributed by atoms with Crippen LogP contribution in [0.5, 0.6) is 0 Å². The molecule has 0 unspecified atom stereocenters.